The van der Waals surface area contributed by atoms with Gasteiger partial charge in [-0.3, -0.25) is 28.2 Å². The second kappa shape index (κ2) is 15.4. The van der Waals surface area contributed by atoms with Crippen LogP contribution < -0.4 is 15.6 Å². The van der Waals surface area contributed by atoms with Crippen LogP contribution in [0.15, 0.2) is 71.5 Å². The van der Waals surface area contributed by atoms with Crippen molar-refractivity contribution >= 4 is 55.2 Å². The molecule has 0 unspecified atom stereocenters. The Labute approximate surface area is 362 Å². The van der Waals surface area contributed by atoms with Crippen LogP contribution in [0.1, 0.15) is 58.7 Å². The van der Waals surface area contributed by atoms with Crippen molar-refractivity contribution in [2.75, 3.05) is 11.0 Å². The molecule has 7 aromatic rings. The zero-order valence-corrected chi connectivity index (χ0v) is 34.8. The molecule has 1 saturated carbocycles. The summed E-state index contributed by atoms with van der Waals surface area (Å²) in [6.07, 6.45) is -2.89. The summed E-state index contributed by atoms with van der Waals surface area (Å²) >= 11 is 6.62. The van der Waals surface area contributed by atoms with Gasteiger partial charge < -0.3 is 10.4 Å². The van der Waals surface area contributed by atoms with Gasteiger partial charge in [0.05, 0.1) is 51.4 Å². The number of rotatable bonds is 12. The van der Waals surface area contributed by atoms with Crippen LogP contribution in [-0.4, -0.2) is 54.8 Å². The summed E-state index contributed by atoms with van der Waals surface area (Å²) in [5.74, 6) is -9.99. The molecule has 0 aliphatic heterocycles. The highest BCUT2D eigenvalue weighted by Crippen LogP contribution is 2.68. The third kappa shape index (κ3) is 7.43. The summed E-state index contributed by atoms with van der Waals surface area (Å²) in [7, 11) is -2.52. The number of nitrogens with zero attached hydrogens (tertiary/aromatic N) is 6. The molecule has 3 heterocycles. The molecule has 3 N–H and O–H groups in total. The molecule has 13 nitrogen and oxygen atoms in total. The quantitative estimate of drug-likeness (QED) is 0.107. The lowest BCUT2D eigenvalue weighted by Gasteiger charge is -2.24. The molecule has 1 amide bonds. The van der Waals surface area contributed by atoms with E-state index in [1.165, 1.54) is 54.2 Å². The van der Waals surface area contributed by atoms with Crippen LogP contribution in [0.4, 0.5) is 36.6 Å². The summed E-state index contributed by atoms with van der Waals surface area (Å²) < 4.78 is 133. The number of aliphatic hydroxyl groups excluding tert-OH is 1. The molecule has 22 heteroatoms. The lowest BCUT2D eigenvalue weighted by atomic mass is 10.0. The number of alkyl halides is 4. The van der Waals surface area contributed by atoms with Gasteiger partial charge in [0, 0.05) is 36.6 Å². The van der Waals surface area contributed by atoms with E-state index in [1.807, 2.05) is 0 Å². The lowest BCUT2D eigenvalue weighted by Crippen LogP contribution is -2.38. The van der Waals surface area contributed by atoms with E-state index in [4.69, 9.17) is 16.6 Å². The van der Waals surface area contributed by atoms with Gasteiger partial charge in [0.1, 0.15) is 41.2 Å². The Balaban J connectivity index is 1.26. The molecule has 332 valence electrons. The third-order valence-electron chi connectivity index (χ3n) is 11.4. The zero-order valence-electron chi connectivity index (χ0n) is 33.2. The molecule has 1 fully saturated rings. The number of fused-ring (bicyclic) bond motifs is 5. The Hall–Kier alpha value is -6.32. The maximum Gasteiger partial charge on any atom is 0.293 e. The molecule has 3 atom stereocenters. The van der Waals surface area contributed by atoms with Crippen LogP contribution >= 0.6 is 11.6 Å². The molecule has 3 aromatic heterocycles. The fourth-order valence-electron chi connectivity index (χ4n) is 8.64. The van der Waals surface area contributed by atoms with Crippen molar-refractivity contribution in [2.24, 2.45) is 13.0 Å². The number of halogens is 8. The monoisotopic (exact) mass is 928 g/mol. The van der Waals surface area contributed by atoms with Gasteiger partial charge in [-0.25, -0.2) is 35.4 Å². The molecule has 2 aliphatic carbocycles. The Morgan fingerprint density at radius 1 is 1.00 bits per heavy atom. The van der Waals surface area contributed by atoms with Gasteiger partial charge in [-0.05, 0) is 77.6 Å². The van der Waals surface area contributed by atoms with Crippen LogP contribution in [-0.2, 0) is 47.4 Å². The lowest BCUT2D eigenvalue weighted by molar-refractivity contribution is -0.123. The number of hydrogen-bond donors (Lipinski definition) is 3. The molecule has 0 spiro atoms. The summed E-state index contributed by atoms with van der Waals surface area (Å²) in [6, 6.07) is 12.0. The SMILES string of the molecule is Cn1nc(NS(C)(=O)=O)c2c(Cl)ccc(-n3c([C@H](Cc4cc(F)cc(F)c4)NC(=O)Cn4nc(C(F)F)c5c4C(F)(F)[C@@H]4C[C@H]54)nc4cc(-c5ccc(F)c(CO)c5)ccc4c3=O)c21. The summed E-state index contributed by atoms with van der Waals surface area (Å²) in [6.45, 7) is -1.65. The van der Waals surface area contributed by atoms with E-state index in [0.717, 1.165) is 29.0 Å². The second-order valence-corrected chi connectivity index (χ2v) is 17.9. The van der Waals surface area contributed by atoms with Gasteiger partial charge in [0.15, 0.2) is 5.82 Å². The number of benzene rings is 4. The maximum absolute atomic E-state index is 15.5. The fourth-order valence-corrected chi connectivity index (χ4v) is 9.37. The maximum atomic E-state index is 15.5. The van der Waals surface area contributed by atoms with Crippen LogP contribution in [0, 0.1) is 23.4 Å². The average molecular weight is 929 g/mol. The van der Waals surface area contributed by atoms with Crippen molar-refractivity contribution < 1.29 is 49.1 Å². The van der Waals surface area contributed by atoms with E-state index in [0.29, 0.717) is 21.9 Å². The number of carbonyl (C=O) groups is 1. The van der Waals surface area contributed by atoms with Crippen molar-refractivity contribution in [3.63, 3.8) is 0 Å². The summed E-state index contributed by atoms with van der Waals surface area (Å²) in [5.41, 5.74) is -2.11. The molecule has 0 bridgehead atoms. The highest BCUT2D eigenvalue weighted by molar-refractivity contribution is 7.92. The smallest absolute Gasteiger partial charge is 0.293 e. The van der Waals surface area contributed by atoms with Gasteiger partial charge in [0.25, 0.3) is 17.9 Å². The first-order valence-corrected chi connectivity index (χ1v) is 21.6. The number of anilines is 1. The molecule has 0 radical (unpaired) electrons. The van der Waals surface area contributed by atoms with E-state index in [2.05, 4.69) is 20.2 Å². The highest BCUT2D eigenvalue weighted by Gasteiger charge is 2.67. The van der Waals surface area contributed by atoms with Crippen LogP contribution in [0.5, 0.6) is 0 Å². The predicted molar refractivity (Wildman–Crippen MR) is 219 cm³/mol. The Kier molecular flexibility index (Phi) is 10.4. The molecule has 64 heavy (non-hydrogen) atoms. The van der Waals surface area contributed by atoms with Gasteiger partial charge in [-0.2, -0.15) is 19.0 Å². The molecule has 0 saturated heterocycles. The minimum Gasteiger partial charge on any atom is -0.392 e. The van der Waals surface area contributed by atoms with E-state index in [-0.39, 0.29) is 67.3 Å². The summed E-state index contributed by atoms with van der Waals surface area (Å²) in [5, 5.41) is 20.4. The van der Waals surface area contributed by atoms with E-state index >= 15 is 13.6 Å². The number of amides is 1. The van der Waals surface area contributed by atoms with Gasteiger partial charge in [-0.1, -0.05) is 23.7 Å². The first-order valence-electron chi connectivity index (χ1n) is 19.3. The topological polar surface area (TPSA) is 166 Å². The molecular weight excluding hydrogens is 897 g/mol. The largest absolute Gasteiger partial charge is 0.392 e. The second-order valence-electron chi connectivity index (χ2n) is 15.7. The Morgan fingerprint density at radius 2 is 1.70 bits per heavy atom. The van der Waals surface area contributed by atoms with Crippen molar-refractivity contribution in [1.82, 2.24) is 34.4 Å². The molecule has 4 aromatic carbocycles. The first-order chi connectivity index (χ1) is 30.2. The van der Waals surface area contributed by atoms with Crippen molar-refractivity contribution in [1.29, 1.82) is 0 Å². The van der Waals surface area contributed by atoms with Gasteiger partial charge in [0.2, 0.25) is 15.9 Å². The van der Waals surface area contributed by atoms with E-state index in [9.17, 15) is 40.3 Å². The van der Waals surface area contributed by atoms with E-state index in [1.54, 1.807) is 0 Å². The molecule has 9 rings (SSSR count). The fraction of sp³-hybridized carbons (Fsp3) is 0.262. The van der Waals surface area contributed by atoms with Gasteiger partial charge in [-0.15, -0.1) is 0 Å². The number of hydrogen-bond acceptors (Lipinski definition) is 8. The number of nitrogens with one attached hydrogen (secondary N) is 2. The number of sulfonamides is 1. The van der Waals surface area contributed by atoms with Crippen LogP contribution in [0.3, 0.4) is 0 Å². The van der Waals surface area contributed by atoms with Gasteiger partial charge >= 0.3 is 0 Å². The van der Waals surface area contributed by atoms with E-state index < -0.39 is 100 Å². The van der Waals surface area contributed by atoms with Crippen molar-refractivity contribution in [3.05, 3.63) is 133 Å². The minimum absolute atomic E-state index is 0.00279. The third-order valence-corrected chi connectivity index (χ3v) is 12.2. The normalized spacial score (nSPS) is 16.9. The summed E-state index contributed by atoms with van der Waals surface area (Å²) in [4.78, 5) is 34.0. The van der Waals surface area contributed by atoms with Crippen molar-refractivity contribution in [2.45, 2.75) is 50.3 Å². The standard InChI is InChI=1S/C42H32ClF7N8O5S/c1-56-36-31(8-6-27(43)34(36)39(54-56)55-64(2,62)63)58-40(52-29-13-20(3-5-24(29)41(58)61)19-4-7-28(46)21(12-19)17-59)30(11-18-9-22(44)14-23(45)10-18)51-32(60)16-57-37-33(35(53-57)38(47)48)25-15-26(25)42(37,49)50/h3-10,12-14,25-26,30,38,59H,11,15-17H2,1-2H3,(H,51,60)(H,54,55)/t25-,26+,30-/m0/s1. The molecular formula is C42H32ClF7N8O5S. The van der Waals surface area contributed by atoms with Crippen molar-refractivity contribution in [3.8, 4) is 16.8 Å². The Bertz CT molecular complexity index is 3270. The average Bonchev–Trinajstić information content (AvgIpc) is 3.76. The van der Waals surface area contributed by atoms with Crippen LogP contribution in [0.2, 0.25) is 5.02 Å². The number of carbonyl (C=O) groups excluding carboxylic acids is 1. The highest BCUT2D eigenvalue weighted by atomic mass is 35.5. The Morgan fingerprint density at radius 3 is 2.39 bits per heavy atom. The number of aromatic nitrogens is 6. The zero-order chi connectivity index (χ0) is 45.7. The van der Waals surface area contributed by atoms with Crippen LogP contribution in [0.25, 0.3) is 38.6 Å². The first kappa shape index (κ1) is 43.0. The number of aryl methyl sites for hydroxylation is 1. The minimum atomic E-state index is -3.94. The number of aliphatic hydroxyl groups is 1. The predicted octanol–water partition coefficient (Wildman–Crippen LogP) is 7.32. The molecule has 2 aliphatic rings.